The van der Waals surface area contributed by atoms with Crippen molar-refractivity contribution >= 4 is 16.7 Å². The largest absolute Gasteiger partial charge is 0.310 e. The molecule has 0 spiro atoms. The predicted molar refractivity (Wildman–Crippen MR) is 92.7 cm³/mol. The molecule has 2 heterocycles. The third kappa shape index (κ3) is 3.16. The van der Waals surface area contributed by atoms with Gasteiger partial charge in [0.25, 0.3) is 0 Å². The van der Waals surface area contributed by atoms with Crippen molar-refractivity contribution in [1.82, 2.24) is 9.47 Å². The smallest absolute Gasteiger partial charge is 0.206 e. The molecule has 2 heteroatoms. The predicted octanol–water partition coefficient (Wildman–Crippen LogP) is 5.24. The topological polar surface area (TPSA) is 15.8 Å². The molecule has 0 saturated carbocycles. The lowest BCUT2D eigenvalue weighted by Crippen LogP contribution is -2.47. The summed E-state index contributed by atoms with van der Waals surface area (Å²) in [6.07, 6.45) is 9.66. The van der Waals surface area contributed by atoms with E-state index in [-0.39, 0.29) is 0 Å². The minimum absolute atomic E-state index is 1.20. The first-order chi connectivity index (χ1) is 10.3. The summed E-state index contributed by atoms with van der Waals surface area (Å²) in [5.74, 6) is 1.45. The Balaban J connectivity index is 1.73. The number of hydrogen-bond donors (Lipinski definition) is 1. The van der Waals surface area contributed by atoms with Gasteiger partial charge in [-0.15, -0.1) is 0 Å². The summed E-state index contributed by atoms with van der Waals surface area (Å²) >= 11 is 0. The number of nitrogens with zero attached hydrogens (tertiary/aromatic N) is 1. The lowest BCUT2D eigenvalue weighted by atomic mass is 10.1. The maximum atomic E-state index is 3.70. The molecule has 2 nitrogen and oxygen atoms in total. The Kier molecular flexibility index (Phi) is 4.64. The van der Waals surface area contributed by atoms with Crippen LogP contribution in [-0.2, 0) is 0 Å². The standard InChI is InChI=1S/C19H29N2/c1-2-3-4-5-8-13-21(14-9-10-15-21)19-16-17-11-6-7-12-18(17)20-19/h6-7,11-12,16,20H,2-5,8-10,13-15H2,1H3/q+1. The van der Waals surface area contributed by atoms with Gasteiger partial charge in [0, 0.05) is 24.3 Å². The van der Waals surface area contributed by atoms with Crippen molar-refractivity contribution in [1.29, 1.82) is 0 Å². The summed E-state index contributed by atoms with van der Waals surface area (Å²) in [4.78, 5) is 3.70. The Hall–Kier alpha value is -1.28. The van der Waals surface area contributed by atoms with Gasteiger partial charge in [-0.25, -0.2) is 0 Å². The van der Waals surface area contributed by atoms with E-state index < -0.39 is 0 Å². The molecule has 21 heavy (non-hydrogen) atoms. The Bertz CT molecular complexity index is 531. The third-order valence-electron chi connectivity index (χ3n) is 5.14. The van der Waals surface area contributed by atoms with Gasteiger partial charge in [0.05, 0.1) is 25.2 Å². The van der Waals surface area contributed by atoms with E-state index >= 15 is 0 Å². The Labute approximate surface area is 128 Å². The van der Waals surface area contributed by atoms with Crippen LogP contribution in [0.4, 0.5) is 5.82 Å². The van der Waals surface area contributed by atoms with Crippen LogP contribution in [0, 0.1) is 0 Å². The fraction of sp³-hybridized carbons (Fsp3) is 0.579. The fourth-order valence-corrected chi connectivity index (χ4v) is 3.86. The molecule has 1 aliphatic rings. The fourth-order valence-electron chi connectivity index (χ4n) is 3.86. The highest BCUT2D eigenvalue weighted by molar-refractivity contribution is 5.83. The zero-order valence-corrected chi connectivity index (χ0v) is 13.4. The number of fused-ring (bicyclic) bond motifs is 1. The van der Waals surface area contributed by atoms with Gasteiger partial charge in [-0.2, -0.15) is 0 Å². The van der Waals surface area contributed by atoms with Gasteiger partial charge in [-0.1, -0.05) is 44.4 Å². The van der Waals surface area contributed by atoms with E-state index in [2.05, 4.69) is 42.2 Å². The molecule has 1 N–H and O–H groups in total. The van der Waals surface area contributed by atoms with E-state index in [0.29, 0.717) is 0 Å². The second kappa shape index (κ2) is 6.65. The second-order valence-corrected chi connectivity index (χ2v) is 6.68. The number of nitrogens with one attached hydrogen (secondary N) is 1. The monoisotopic (exact) mass is 285 g/mol. The molecule has 1 aromatic carbocycles. The van der Waals surface area contributed by atoms with Crippen LogP contribution in [0.1, 0.15) is 51.9 Å². The van der Waals surface area contributed by atoms with Crippen molar-refractivity contribution in [2.75, 3.05) is 19.6 Å². The van der Waals surface area contributed by atoms with Crippen molar-refractivity contribution in [2.45, 2.75) is 51.9 Å². The first-order valence-electron chi connectivity index (χ1n) is 8.78. The van der Waals surface area contributed by atoms with E-state index in [0.717, 1.165) is 0 Å². The van der Waals surface area contributed by atoms with Crippen LogP contribution >= 0.6 is 0 Å². The average Bonchev–Trinajstić information content (AvgIpc) is 3.14. The lowest BCUT2D eigenvalue weighted by molar-refractivity contribution is 0.316. The van der Waals surface area contributed by atoms with Gasteiger partial charge < -0.3 is 4.98 Å². The minimum atomic E-state index is 1.20. The number of hydrogen-bond acceptors (Lipinski definition) is 0. The molecule has 0 amide bonds. The molecule has 1 saturated heterocycles. The second-order valence-electron chi connectivity index (χ2n) is 6.68. The summed E-state index contributed by atoms with van der Waals surface area (Å²) in [7, 11) is 0. The highest BCUT2D eigenvalue weighted by atomic mass is 15.4. The van der Waals surface area contributed by atoms with Crippen LogP contribution < -0.4 is 4.48 Å². The number of quaternary nitrogens is 1. The molecular formula is C19H29N2+. The van der Waals surface area contributed by atoms with Crippen LogP contribution in [0.15, 0.2) is 30.3 Å². The molecule has 0 aliphatic carbocycles. The van der Waals surface area contributed by atoms with E-state index in [9.17, 15) is 0 Å². The number of aromatic amines is 1. The summed E-state index contributed by atoms with van der Waals surface area (Å²) in [6, 6.07) is 11.1. The molecule has 0 atom stereocenters. The maximum absolute atomic E-state index is 3.70. The molecule has 0 radical (unpaired) electrons. The Morgan fingerprint density at radius 1 is 1.00 bits per heavy atom. The van der Waals surface area contributed by atoms with Gasteiger partial charge in [0.15, 0.2) is 0 Å². The van der Waals surface area contributed by atoms with Gasteiger partial charge in [0.2, 0.25) is 5.82 Å². The van der Waals surface area contributed by atoms with Crippen molar-refractivity contribution in [3.63, 3.8) is 0 Å². The van der Waals surface area contributed by atoms with E-state index in [1.165, 1.54) is 85.8 Å². The van der Waals surface area contributed by atoms with Gasteiger partial charge in [-0.05, 0) is 18.9 Å². The molecule has 1 aromatic heterocycles. The summed E-state index contributed by atoms with van der Waals surface area (Å²) in [6.45, 7) is 6.25. The average molecular weight is 285 g/mol. The lowest BCUT2D eigenvalue weighted by Gasteiger charge is -2.32. The van der Waals surface area contributed by atoms with E-state index in [4.69, 9.17) is 0 Å². The highest BCUT2D eigenvalue weighted by Gasteiger charge is 2.35. The molecule has 0 unspecified atom stereocenters. The number of unbranched alkanes of at least 4 members (excludes halogenated alkanes) is 4. The number of likely N-dealkylation sites (tertiary alicyclic amines) is 1. The Morgan fingerprint density at radius 3 is 2.52 bits per heavy atom. The van der Waals surface area contributed by atoms with Crippen molar-refractivity contribution < 1.29 is 0 Å². The Morgan fingerprint density at radius 2 is 1.76 bits per heavy atom. The minimum Gasteiger partial charge on any atom is -0.310 e. The summed E-state index contributed by atoms with van der Waals surface area (Å²) in [5, 5.41) is 1.36. The zero-order chi connectivity index (χ0) is 14.5. The summed E-state index contributed by atoms with van der Waals surface area (Å²) in [5.41, 5.74) is 1.29. The van der Waals surface area contributed by atoms with Crippen LogP contribution in [0.5, 0.6) is 0 Å². The molecular weight excluding hydrogens is 256 g/mol. The van der Waals surface area contributed by atoms with Crippen LogP contribution in [0.25, 0.3) is 10.9 Å². The highest BCUT2D eigenvalue weighted by Crippen LogP contribution is 2.32. The number of aromatic nitrogens is 1. The SMILES string of the molecule is CCCCCCC[N+]1(c2cc3ccccc3[nH]2)CCCC1. The van der Waals surface area contributed by atoms with Crippen LogP contribution in [0.3, 0.4) is 0 Å². The van der Waals surface area contributed by atoms with E-state index in [1.807, 2.05) is 0 Å². The number of rotatable bonds is 7. The number of benzene rings is 1. The van der Waals surface area contributed by atoms with Crippen LogP contribution in [-0.4, -0.2) is 24.6 Å². The molecule has 3 rings (SSSR count). The zero-order valence-electron chi connectivity index (χ0n) is 13.4. The van der Waals surface area contributed by atoms with Crippen molar-refractivity contribution in [2.24, 2.45) is 0 Å². The summed E-state index contributed by atoms with van der Waals surface area (Å²) < 4.78 is 1.20. The third-order valence-corrected chi connectivity index (χ3v) is 5.14. The number of para-hydroxylation sites is 1. The first kappa shape index (κ1) is 14.6. The number of H-pyrrole nitrogens is 1. The van der Waals surface area contributed by atoms with Crippen molar-refractivity contribution in [3.05, 3.63) is 30.3 Å². The maximum Gasteiger partial charge on any atom is 0.206 e. The quantitative estimate of drug-likeness (QED) is 0.529. The molecule has 114 valence electrons. The van der Waals surface area contributed by atoms with Gasteiger partial charge >= 0.3 is 0 Å². The van der Waals surface area contributed by atoms with Gasteiger partial charge in [-0.3, -0.25) is 4.48 Å². The normalized spacial score (nSPS) is 17.6. The molecule has 0 bridgehead atoms. The molecule has 1 aliphatic heterocycles. The molecule has 2 aromatic rings. The van der Waals surface area contributed by atoms with Gasteiger partial charge in [0.1, 0.15) is 0 Å². The molecule has 1 fully saturated rings. The first-order valence-corrected chi connectivity index (χ1v) is 8.78. The van der Waals surface area contributed by atoms with E-state index in [1.54, 1.807) is 0 Å². The van der Waals surface area contributed by atoms with Crippen molar-refractivity contribution in [3.8, 4) is 0 Å². The van der Waals surface area contributed by atoms with Crippen LogP contribution in [0.2, 0.25) is 0 Å².